The van der Waals surface area contributed by atoms with Gasteiger partial charge < -0.3 is 9.67 Å². The standard InChI is InChI=1S/C53H33N4O.Pt/c1-54-42-17-12-16-36(31-42)38-28-40(30-41(29-38)49-33-39(35-14-4-2-5-15-35)34-50(56-49)47-21-9-11-25-52(47)58)48-32-37(26-27-55-48)44-22-13-23-46-45-20-8-10-24-51(45)57(53(44)46)43-18-6-3-7-19-43;/h2-29,31-34,58H;/q-1;. The smallest absolute Gasteiger partial charge is 0.187 e. The molecule has 0 aliphatic heterocycles. The van der Waals surface area contributed by atoms with Crippen LogP contribution in [0.1, 0.15) is 0 Å². The number of aromatic hydroxyl groups is 1. The molecule has 0 saturated heterocycles. The Balaban J connectivity index is 0.00000449. The molecule has 0 aliphatic carbocycles. The number of para-hydroxylation sites is 4. The van der Waals surface area contributed by atoms with Crippen molar-refractivity contribution in [2.45, 2.75) is 0 Å². The van der Waals surface area contributed by atoms with E-state index in [0.29, 0.717) is 22.6 Å². The summed E-state index contributed by atoms with van der Waals surface area (Å²) in [5.74, 6) is 0.155. The van der Waals surface area contributed by atoms with Crippen molar-refractivity contribution < 1.29 is 26.2 Å². The number of aromatic nitrogens is 3. The van der Waals surface area contributed by atoms with Crippen molar-refractivity contribution in [2.24, 2.45) is 0 Å². The van der Waals surface area contributed by atoms with Crippen molar-refractivity contribution in [3.63, 3.8) is 0 Å². The Morgan fingerprint density at radius 3 is 1.95 bits per heavy atom. The van der Waals surface area contributed by atoms with Gasteiger partial charge in [0.15, 0.2) is 5.69 Å². The van der Waals surface area contributed by atoms with Gasteiger partial charge in [0.05, 0.1) is 23.3 Å². The van der Waals surface area contributed by atoms with E-state index in [1.807, 2.05) is 79.0 Å². The maximum absolute atomic E-state index is 10.9. The van der Waals surface area contributed by atoms with Crippen molar-refractivity contribution in [3.05, 3.63) is 212 Å². The molecule has 0 radical (unpaired) electrons. The molecule has 0 amide bonds. The van der Waals surface area contributed by atoms with Crippen LogP contribution in [0.4, 0.5) is 5.69 Å². The zero-order chi connectivity index (χ0) is 39.0. The van der Waals surface area contributed by atoms with Gasteiger partial charge in [0.2, 0.25) is 0 Å². The Kier molecular flexibility index (Phi) is 10.0. The van der Waals surface area contributed by atoms with E-state index in [1.54, 1.807) is 6.07 Å². The molecular weight excluding hydrogens is 904 g/mol. The topological polar surface area (TPSA) is 55.3 Å². The third-order valence-corrected chi connectivity index (χ3v) is 10.6. The molecule has 10 aromatic rings. The number of hydrogen-bond acceptors (Lipinski definition) is 3. The number of benzene rings is 7. The van der Waals surface area contributed by atoms with Gasteiger partial charge in [0.25, 0.3) is 0 Å². The van der Waals surface area contributed by atoms with E-state index in [9.17, 15) is 5.11 Å². The van der Waals surface area contributed by atoms with Crippen LogP contribution in [0.3, 0.4) is 0 Å². The summed E-state index contributed by atoms with van der Waals surface area (Å²) in [5.41, 5.74) is 14.1. The average Bonchev–Trinajstić information content (AvgIpc) is 3.64. The first-order chi connectivity index (χ1) is 28.6. The third-order valence-electron chi connectivity index (χ3n) is 10.6. The molecule has 0 aliphatic rings. The summed E-state index contributed by atoms with van der Waals surface area (Å²) >= 11 is 0. The van der Waals surface area contributed by atoms with Crippen LogP contribution in [0.2, 0.25) is 0 Å². The SMILES string of the molecule is [C-]#[N+]c1cccc(-c2cc(-c3cc(-c4cccc5c6ccccc6n(-c6ccccc6)c45)ccn3)[c-]c(-c3cc(-c4ccccc4)cc(-c4ccccc4O)n3)c2)c1.[Pt]. The molecule has 59 heavy (non-hydrogen) atoms. The van der Waals surface area contributed by atoms with Gasteiger partial charge >= 0.3 is 0 Å². The number of pyridine rings is 2. The normalized spacial score (nSPS) is 11.0. The van der Waals surface area contributed by atoms with E-state index in [4.69, 9.17) is 16.5 Å². The summed E-state index contributed by atoms with van der Waals surface area (Å²) in [7, 11) is 0. The fourth-order valence-electron chi connectivity index (χ4n) is 7.90. The first-order valence-electron chi connectivity index (χ1n) is 19.1. The number of fused-ring (bicyclic) bond motifs is 3. The fourth-order valence-corrected chi connectivity index (χ4v) is 7.90. The average molecular weight is 937 g/mol. The van der Waals surface area contributed by atoms with Gasteiger partial charge in [-0.3, -0.25) is 9.97 Å². The number of hydrogen-bond donors (Lipinski definition) is 1. The van der Waals surface area contributed by atoms with Crippen LogP contribution in [0, 0.1) is 12.6 Å². The van der Waals surface area contributed by atoms with Crippen molar-refractivity contribution >= 4 is 27.5 Å². The van der Waals surface area contributed by atoms with Crippen molar-refractivity contribution in [1.29, 1.82) is 0 Å². The van der Waals surface area contributed by atoms with E-state index in [-0.39, 0.29) is 26.8 Å². The van der Waals surface area contributed by atoms with Crippen LogP contribution in [-0.2, 0) is 21.1 Å². The molecule has 1 N–H and O–H groups in total. The van der Waals surface area contributed by atoms with Crippen LogP contribution in [0.25, 0.3) is 99.5 Å². The molecule has 282 valence electrons. The zero-order valence-corrected chi connectivity index (χ0v) is 33.8. The van der Waals surface area contributed by atoms with Gasteiger partial charge in [-0.2, -0.15) is 0 Å². The van der Waals surface area contributed by atoms with E-state index >= 15 is 0 Å². The molecular formula is C53H33N4OPt-. The summed E-state index contributed by atoms with van der Waals surface area (Å²) in [6.07, 6.45) is 1.86. The fraction of sp³-hybridized carbons (Fsp3) is 0. The van der Waals surface area contributed by atoms with Crippen molar-refractivity contribution in [1.82, 2.24) is 14.5 Å². The van der Waals surface area contributed by atoms with Crippen molar-refractivity contribution in [3.8, 4) is 78.6 Å². The largest absolute Gasteiger partial charge is 0.507 e. The molecule has 0 fully saturated rings. The number of phenols is 1. The maximum Gasteiger partial charge on any atom is 0.187 e. The minimum absolute atomic E-state index is 0. The molecule has 0 unspecified atom stereocenters. The van der Waals surface area contributed by atoms with Gasteiger partial charge in [0.1, 0.15) is 5.75 Å². The monoisotopic (exact) mass is 936 g/mol. The minimum atomic E-state index is 0. The summed E-state index contributed by atoms with van der Waals surface area (Å²) in [4.78, 5) is 13.8. The molecule has 0 bridgehead atoms. The molecule has 0 atom stereocenters. The maximum atomic E-state index is 10.9. The predicted octanol–water partition coefficient (Wildman–Crippen LogP) is 13.6. The van der Waals surface area contributed by atoms with Crippen LogP contribution in [0.15, 0.2) is 194 Å². The Morgan fingerprint density at radius 1 is 0.508 bits per heavy atom. The molecule has 0 saturated carbocycles. The molecule has 7 aromatic carbocycles. The van der Waals surface area contributed by atoms with Crippen LogP contribution >= 0.6 is 0 Å². The Labute approximate surface area is 356 Å². The Bertz CT molecular complexity index is 3200. The quantitative estimate of drug-likeness (QED) is 0.162. The van der Waals surface area contributed by atoms with Crippen LogP contribution in [-0.4, -0.2) is 19.6 Å². The molecule has 10 rings (SSSR count). The van der Waals surface area contributed by atoms with Crippen LogP contribution in [0.5, 0.6) is 5.75 Å². The molecule has 0 spiro atoms. The second kappa shape index (κ2) is 15.9. The van der Waals surface area contributed by atoms with Gasteiger partial charge in [-0.25, -0.2) is 4.85 Å². The van der Waals surface area contributed by atoms with Crippen LogP contribution < -0.4 is 0 Å². The third kappa shape index (κ3) is 7.01. The second-order valence-corrected chi connectivity index (χ2v) is 14.2. The first-order valence-corrected chi connectivity index (χ1v) is 19.1. The molecule has 3 heterocycles. The van der Waals surface area contributed by atoms with Gasteiger partial charge in [-0.1, -0.05) is 144 Å². The minimum Gasteiger partial charge on any atom is -0.507 e. The molecule has 5 nitrogen and oxygen atoms in total. The molecule has 3 aromatic heterocycles. The van der Waals surface area contributed by atoms with Gasteiger partial charge in [0, 0.05) is 66.2 Å². The van der Waals surface area contributed by atoms with E-state index in [1.165, 1.54) is 10.8 Å². The summed E-state index contributed by atoms with van der Waals surface area (Å²) < 4.78 is 2.35. The van der Waals surface area contributed by atoms with Gasteiger partial charge in [-0.15, -0.1) is 18.2 Å². The van der Waals surface area contributed by atoms with Crippen molar-refractivity contribution in [2.75, 3.05) is 0 Å². The van der Waals surface area contributed by atoms with Gasteiger partial charge in [-0.05, 0) is 70.8 Å². The van der Waals surface area contributed by atoms with E-state index < -0.39 is 0 Å². The number of rotatable bonds is 7. The van der Waals surface area contributed by atoms with E-state index in [0.717, 1.165) is 66.9 Å². The predicted molar refractivity (Wildman–Crippen MR) is 236 cm³/mol. The second-order valence-electron chi connectivity index (χ2n) is 14.2. The van der Waals surface area contributed by atoms with E-state index in [2.05, 4.69) is 125 Å². The number of phenolic OH excluding ortho intramolecular Hbond substituents is 1. The molecule has 6 heteroatoms. The summed E-state index contributed by atoms with van der Waals surface area (Å²) in [5, 5.41) is 13.3. The number of nitrogens with zero attached hydrogens (tertiary/aromatic N) is 4. The zero-order valence-electron chi connectivity index (χ0n) is 31.5. The summed E-state index contributed by atoms with van der Waals surface area (Å²) in [6.45, 7) is 7.73. The Hall–Kier alpha value is -7.38. The summed E-state index contributed by atoms with van der Waals surface area (Å²) in [6, 6.07) is 66.8. The first kappa shape index (κ1) is 37.2. The Morgan fingerprint density at radius 2 is 1.14 bits per heavy atom.